The Labute approximate surface area is 108 Å². The molecular weight excluding hydrogens is 222 g/mol. The third-order valence-corrected chi connectivity index (χ3v) is 3.69. The van der Waals surface area contributed by atoms with E-state index in [1.807, 2.05) is 4.68 Å². The van der Waals surface area contributed by atoms with Crippen molar-refractivity contribution in [3.8, 4) is 5.82 Å². The van der Waals surface area contributed by atoms with E-state index in [2.05, 4.69) is 37.1 Å². The number of pyridine rings is 1. The molecule has 3 nitrogen and oxygen atoms in total. The molecule has 0 aromatic carbocycles. The van der Waals surface area contributed by atoms with Gasteiger partial charge in [0.25, 0.3) is 0 Å². The Morgan fingerprint density at radius 1 is 1.17 bits per heavy atom. The maximum atomic E-state index is 4.78. The fourth-order valence-corrected chi connectivity index (χ4v) is 2.62. The summed E-state index contributed by atoms with van der Waals surface area (Å²) in [7, 11) is 0. The topological polar surface area (TPSA) is 30.7 Å². The van der Waals surface area contributed by atoms with Crippen molar-refractivity contribution in [3.63, 3.8) is 0 Å². The molecule has 0 spiro atoms. The lowest BCUT2D eigenvalue weighted by atomic mass is 10.2. The van der Waals surface area contributed by atoms with Gasteiger partial charge in [-0.3, -0.25) is 0 Å². The summed E-state index contributed by atoms with van der Waals surface area (Å²) in [6.07, 6.45) is 5.51. The molecule has 0 bridgehead atoms. The largest absolute Gasteiger partial charge is 0.233 e. The number of hydrogen-bond acceptors (Lipinski definition) is 2. The van der Waals surface area contributed by atoms with Crippen molar-refractivity contribution in [2.45, 2.75) is 46.0 Å². The highest BCUT2D eigenvalue weighted by molar-refractivity contribution is 5.34. The van der Waals surface area contributed by atoms with Crippen LogP contribution in [-0.4, -0.2) is 14.8 Å². The van der Waals surface area contributed by atoms with Crippen molar-refractivity contribution in [2.75, 3.05) is 0 Å². The minimum atomic E-state index is 0.977. The Morgan fingerprint density at radius 2 is 2.06 bits per heavy atom. The van der Waals surface area contributed by atoms with Gasteiger partial charge in [0.2, 0.25) is 0 Å². The molecule has 18 heavy (non-hydrogen) atoms. The molecule has 0 fully saturated rings. The summed E-state index contributed by atoms with van der Waals surface area (Å²) in [4.78, 5) is 4.78. The highest BCUT2D eigenvalue weighted by Crippen LogP contribution is 2.22. The molecule has 0 atom stereocenters. The highest BCUT2D eigenvalue weighted by atomic mass is 15.3. The number of aromatic nitrogens is 3. The molecule has 1 aliphatic rings. The van der Waals surface area contributed by atoms with Gasteiger partial charge >= 0.3 is 0 Å². The number of nitrogens with zero attached hydrogens (tertiary/aromatic N) is 3. The van der Waals surface area contributed by atoms with E-state index in [1.165, 1.54) is 29.8 Å². The van der Waals surface area contributed by atoms with Crippen molar-refractivity contribution < 1.29 is 0 Å². The molecule has 0 aliphatic heterocycles. The zero-order valence-corrected chi connectivity index (χ0v) is 11.1. The molecule has 2 aromatic heterocycles. The normalized spacial score (nSPS) is 13.9. The second kappa shape index (κ2) is 4.56. The molecule has 0 saturated carbocycles. The van der Waals surface area contributed by atoms with Gasteiger partial charge in [-0.15, -0.1) is 0 Å². The van der Waals surface area contributed by atoms with Gasteiger partial charge in [0.05, 0.1) is 5.69 Å². The molecule has 3 heteroatoms. The molecule has 0 unspecified atom stereocenters. The van der Waals surface area contributed by atoms with Gasteiger partial charge in [0.15, 0.2) is 5.82 Å². The van der Waals surface area contributed by atoms with Crippen LogP contribution in [0.4, 0.5) is 0 Å². The van der Waals surface area contributed by atoms with Crippen LogP contribution in [0.3, 0.4) is 0 Å². The zero-order chi connectivity index (χ0) is 12.5. The molecule has 1 aliphatic carbocycles. The number of aryl methyl sites for hydroxylation is 4. The monoisotopic (exact) mass is 241 g/mol. The Kier molecular flexibility index (Phi) is 2.90. The maximum Gasteiger partial charge on any atom is 0.153 e. The molecule has 94 valence electrons. The minimum absolute atomic E-state index is 0.977. The average molecular weight is 241 g/mol. The zero-order valence-electron chi connectivity index (χ0n) is 11.1. The van der Waals surface area contributed by atoms with Crippen molar-refractivity contribution in [1.29, 1.82) is 0 Å². The predicted octanol–water partition coefficient (Wildman–Crippen LogP) is 2.88. The number of hydrogen-bond donors (Lipinski definition) is 0. The second-order valence-electron chi connectivity index (χ2n) is 4.87. The van der Waals surface area contributed by atoms with E-state index in [1.54, 1.807) is 0 Å². The van der Waals surface area contributed by atoms with Crippen molar-refractivity contribution in [2.24, 2.45) is 0 Å². The summed E-state index contributed by atoms with van der Waals surface area (Å²) >= 11 is 0. The standard InChI is InChI=1S/C15H19N3/c1-3-12-10-13(4-2)18(17-12)15-9-8-11-6-5-7-14(11)16-15/h8-10H,3-7H2,1-2H3. The second-order valence-corrected chi connectivity index (χ2v) is 4.87. The first-order valence-corrected chi connectivity index (χ1v) is 6.88. The molecule has 2 heterocycles. The molecular formula is C15H19N3. The van der Waals surface area contributed by atoms with Crippen LogP contribution in [0.5, 0.6) is 0 Å². The third kappa shape index (κ3) is 1.84. The Balaban J connectivity index is 2.06. The van der Waals surface area contributed by atoms with E-state index in [4.69, 9.17) is 4.98 Å². The maximum absolute atomic E-state index is 4.78. The molecule has 0 radical (unpaired) electrons. The Morgan fingerprint density at radius 3 is 2.83 bits per heavy atom. The van der Waals surface area contributed by atoms with Crippen LogP contribution in [0.1, 0.15) is 42.9 Å². The smallest absolute Gasteiger partial charge is 0.153 e. The molecule has 2 aromatic rings. The first kappa shape index (κ1) is 11.5. The van der Waals surface area contributed by atoms with E-state index in [0.717, 1.165) is 30.8 Å². The van der Waals surface area contributed by atoms with Crippen LogP contribution in [0.15, 0.2) is 18.2 Å². The van der Waals surface area contributed by atoms with Crippen LogP contribution < -0.4 is 0 Å². The summed E-state index contributed by atoms with van der Waals surface area (Å²) in [6.45, 7) is 4.31. The van der Waals surface area contributed by atoms with Crippen molar-refractivity contribution in [1.82, 2.24) is 14.8 Å². The van der Waals surface area contributed by atoms with E-state index in [9.17, 15) is 0 Å². The van der Waals surface area contributed by atoms with E-state index >= 15 is 0 Å². The van der Waals surface area contributed by atoms with Gasteiger partial charge in [0, 0.05) is 11.4 Å². The average Bonchev–Trinajstić information content (AvgIpc) is 3.03. The molecule has 0 saturated heterocycles. The van der Waals surface area contributed by atoms with Crippen LogP contribution in [0, 0.1) is 0 Å². The number of fused-ring (bicyclic) bond motifs is 1. The van der Waals surface area contributed by atoms with E-state index < -0.39 is 0 Å². The fourth-order valence-electron chi connectivity index (χ4n) is 2.62. The highest BCUT2D eigenvalue weighted by Gasteiger charge is 2.15. The third-order valence-electron chi connectivity index (χ3n) is 3.69. The van der Waals surface area contributed by atoms with E-state index in [0.29, 0.717) is 0 Å². The van der Waals surface area contributed by atoms with Gasteiger partial charge in [-0.25, -0.2) is 9.67 Å². The summed E-state index contributed by atoms with van der Waals surface area (Å²) in [5.41, 5.74) is 5.08. The first-order valence-electron chi connectivity index (χ1n) is 6.88. The lowest BCUT2D eigenvalue weighted by Gasteiger charge is -2.07. The van der Waals surface area contributed by atoms with Crippen molar-refractivity contribution in [3.05, 3.63) is 40.8 Å². The van der Waals surface area contributed by atoms with Crippen LogP contribution >= 0.6 is 0 Å². The fraction of sp³-hybridized carbons (Fsp3) is 0.467. The number of rotatable bonds is 3. The molecule has 0 amide bonds. The van der Waals surface area contributed by atoms with Crippen LogP contribution in [0.2, 0.25) is 0 Å². The first-order chi connectivity index (χ1) is 8.81. The summed E-state index contributed by atoms with van der Waals surface area (Å²) in [5, 5.41) is 4.65. The summed E-state index contributed by atoms with van der Waals surface area (Å²) in [6, 6.07) is 6.52. The van der Waals surface area contributed by atoms with Gasteiger partial charge in [0.1, 0.15) is 0 Å². The van der Waals surface area contributed by atoms with Crippen LogP contribution in [0.25, 0.3) is 5.82 Å². The quantitative estimate of drug-likeness (QED) is 0.827. The predicted molar refractivity (Wildman–Crippen MR) is 72.1 cm³/mol. The SMILES string of the molecule is CCc1cc(CC)n(-c2ccc3c(n2)CCC3)n1. The van der Waals surface area contributed by atoms with Gasteiger partial charge in [-0.05, 0) is 49.8 Å². The van der Waals surface area contributed by atoms with Gasteiger partial charge in [-0.2, -0.15) is 5.10 Å². The lowest BCUT2D eigenvalue weighted by Crippen LogP contribution is -2.05. The Hall–Kier alpha value is -1.64. The van der Waals surface area contributed by atoms with Crippen LogP contribution in [-0.2, 0) is 25.7 Å². The van der Waals surface area contributed by atoms with Gasteiger partial charge < -0.3 is 0 Å². The molecule has 3 rings (SSSR count). The van der Waals surface area contributed by atoms with Gasteiger partial charge in [-0.1, -0.05) is 19.9 Å². The Bertz CT molecular complexity index is 569. The summed E-state index contributed by atoms with van der Waals surface area (Å²) in [5.74, 6) is 0.979. The summed E-state index contributed by atoms with van der Waals surface area (Å²) < 4.78 is 2.01. The van der Waals surface area contributed by atoms with Crippen molar-refractivity contribution >= 4 is 0 Å². The lowest BCUT2D eigenvalue weighted by molar-refractivity contribution is 0.766. The molecule has 0 N–H and O–H groups in total. The van der Waals surface area contributed by atoms with E-state index in [-0.39, 0.29) is 0 Å². The minimum Gasteiger partial charge on any atom is -0.233 e.